The highest BCUT2D eigenvalue weighted by atomic mass is 19.4. The number of alkyl halides is 3. The standard InChI is InChI=1S/C11H11F3O3/c1-7-2-4-9(17-11(12,13)14)8(6-7)3-5-10(15)16/h2,4,6H,3,5H2,1H3,(H,15,16). The molecule has 0 radical (unpaired) electrons. The maximum absolute atomic E-state index is 12.1. The van der Waals surface area contributed by atoms with Crippen LogP contribution in [0.2, 0.25) is 0 Å². The molecule has 17 heavy (non-hydrogen) atoms. The molecule has 6 heteroatoms. The summed E-state index contributed by atoms with van der Waals surface area (Å²) in [7, 11) is 0. The molecule has 0 spiro atoms. The van der Waals surface area contributed by atoms with Crippen LogP contribution in [0.25, 0.3) is 0 Å². The first kappa shape index (κ1) is 13.3. The zero-order chi connectivity index (χ0) is 13.1. The van der Waals surface area contributed by atoms with E-state index in [1.165, 1.54) is 18.2 Å². The highest BCUT2D eigenvalue weighted by Gasteiger charge is 2.32. The summed E-state index contributed by atoms with van der Waals surface area (Å²) < 4.78 is 40.1. The number of benzene rings is 1. The molecule has 0 aliphatic heterocycles. The molecular formula is C11H11F3O3. The molecule has 1 aromatic rings. The van der Waals surface area contributed by atoms with Crippen molar-refractivity contribution in [3.8, 4) is 5.75 Å². The lowest BCUT2D eigenvalue weighted by atomic mass is 10.1. The third-order valence-corrected chi connectivity index (χ3v) is 2.05. The predicted octanol–water partition coefficient (Wildman–Crippen LogP) is 2.91. The molecule has 0 saturated heterocycles. The normalized spacial score (nSPS) is 11.3. The maximum Gasteiger partial charge on any atom is 0.573 e. The summed E-state index contributed by atoms with van der Waals surface area (Å²) in [6, 6.07) is 4.16. The quantitative estimate of drug-likeness (QED) is 0.891. The maximum atomic E-state index is 12.1. The Balaban J connectivity index is 2.91. The Morgan fingerprint density at radius 1 is 1.41 bits per heavy atom. The van der Waals surface area contributed by atoms with Gasteiger partial charge in [0.05, 0.1) is 0 Å². The minimum Gasteiger partial charge on any atom is -0.481 e. The van der Waals surface area contributed by atoms with Crippen LogP contribution in [0, 0.1) is 6.92 Å². The summed E-state index contributed by atoms with van der Waals surface area (Å²) in [6.07, 6.45) is -5.01. The van der Waals surface area contributed by atoms with Crippen LogP contribution in [0.15, 0.2) is 18.2 Å². The molecule has 1 N–H and O–H groups in total. The second kappa shape index (κ2) is 5.07. The van der Waals surface area contributed by atoms with Crippen LogP contribution in [0.4, 0.5) is 13.2 Å². The van der Waals surface area contributed by atoms with E-state index in [1.54, 1.807) is 6.92 Å². The Labute approximate surface area is 95.8 Å². The van der Waals surface area contributed by atoms with Gasteiger partial charge in [0.15, 0.2) is 0 Å². The van der Waals surface area contributed by atoms with Crippen molar-refractivity contribution in [1.82, 2.24) is 0 Å². The molecule has 0 aliphatic rings. The smallest absolute Gasteiger partial charge is 0.481 e. The van der Waals surface area contributed by atoms with Crippen molar-refractivity contribution in [2.45, 2.75) is 26.1 Å². The molecule has 1 rings (SSSR count). The van der Waals surface area contributed by atoms with E-state index < -0.39 is 12.3 Å². The second-order valence-electron chi connectivity index (χ2n) is 3.55. The number of aryl methyl sites for hydroxylation is 2. The molecule has 0 aromatic heterocycles. The van der Waals surface area contributed by atoms with E-state index >= 15 is 0 Å². The summed E-state index contributed by atoms with van der Waals surface area (Å²) in [5, 5.41) is 8.50. The summed E-state index contributed by atoms with van der Waals surface area (Å²) in [5.74, 6) is -1.41. The van der Waals surface area contributed by atoms with Crippen molar-refractivity contribution < 1.29 is 27.8 Å². The average molecular weight is 248 g/mol. The fourth-order valence-electron chi connectivity index (χ4n) is 1.37. The van der Waals surface area contributed by atoms with Gasteiger partial charge in [-0.2, -0.15) is 0 Å². The third-order valence-electron chi connectivity index (χ3n) is 2.05. The number of carboxylic acid groups (broad SMARTS) is 1. The van der Waals surface area contributed by atoms with Gasteiger partial charge < -0.3 is 9.84 Å². The molecule has 0 aliphatic carbocycles. The Bertz CT molecular complexity index is 413. The van der Waals surface area contributed by atoms with Crippen LogP contribution >= 0.6 is 0 Å². The SMILES string of the molecule is Cc1ccc(OC(F)(F)F)c(CCC(=O)O)c1. The zero-order valence-corrected chi connectivity index (χ0v) is 9.04. The van der Waals surface area contributed by atoms with Gasteiger partial charge in [-0.15, -0.1) is 13.2 Å². The number of halogens is 3. The summed E-state index contributed by atoms with van der Waals surface area (Å²) in [6.45, 7) is 1.71. The van der Waals surface area contributed by atoms with Crippen LogP contribution in [0.3, 0.4) is 0 Å². The highest BCUT2D eigenvalue weighted by molar-refractivity contribution is 5.67. The first-order chi connectivity index (χ1) is 7.78. The minimum absolute atomic E-state index is 0.00241. The van der Waals surface area contributed by atoms with Crippen LogP contribution in [-0.4, -0.2) is 17.4 Å². The van der Waals surface area contributed by atoms with E-state index in [0.717, 1.165) is 5.56 Å². The second-order valence-corrected chi connectivity index (χ2v) is 3.55. The lowest BCUT2D eigenvalue weighted by molar-refractivity contribution is -0.274. The van der Waals surface area contributed by atoms with E-state index in [-0.39, 0.29) is 24.2 Å². The van der Waals surface area contributed by atoms with E-state index in [2.05, 4.69) is 4.74 Å². The van der Waals surface area contributed by atoms with Crippen molar-refractivity contribution >= 4 is 5.97 Å². The van der Waals surface area contributed by atoms with Crippen molar-refractivity contribution in [2.24, 2.45) is 0 Å². The van der Waals surface area contributed by atoms with Gasteiger partial charge in [-0.05, 0) is 25.0 Å². The number of carboxylic acids is 1. The summed E-state index contributed by atoms with van der Waals surface area (Å²) >= 11 is 0. The lowest BCUT2D eigenvalue weighted by Crippen LogP contribution is -2.18. The predicted molar refractivity (Wildman–Crippen MR) is 53.8 cm³/mol. The van der Waals surface area contributed by atoms with E-state index in [9.17, 15) is 18.0 Å². The van der Waals surface area contributed by atoms with Gasteiger partial charge in [0.2, 0.25) is 0 Å². The molecule has 0 amide bonds. The Hall–Kier alpha value is -1.72. The molecule has 0 bridgehead atoms. The fraction of sp³-hybridized carbons (Fsp3) is 0.364. The molecule has 0 unspecified atom stereocenters. The fourth-order valence-corrected chi connectivity index (χ4v) is 1.37. The topological polar surface area (TPSA) is 46.5 Å². The van der Waals surface area contributed by atoms with Gasteiger partial charge in [-0.1, -0.05) is 17.7 Å². The molecule has 0 fully saturated rings. The van der Waals surface area contributed by atoms with E-state index in [1.807, 2.05) is 0 Å². The Kier molecular flexibility index (Phi) is 3.98. The molecule has 0 saturated carbocycles. The average Bonchev–Trinajstić information content (AvgIpc) is 2.16. The first-order valence-corrected chi connectivity index (χ1v) is 4.85. The molecule has 0 heterocycles. The van der Waals surface area contributed by atoms with Crippen LogP contribution < -0.4 is 4.74 Å². The number of hydrogen-bond acceptors (Lipinski definition) is 2. The van der Waals surface area contributed by atoms with Gasteiger partial charge in [0.1, 0.15) is 5.75 Å². The van der Waals surface area contributed by atoms with Gasteiger partial charge in [-0.3, -0.25) is 4.79 Å². The number of rotatable bonds is 4. The minimum atomic E-state index is -4.77. The Morgan fingerprint density at radius 3 is 2.59 bits per heavy atom. The monoisotopic (exact) mass is 248 g/mol. The molecule has 3 nitrogen and oxygen atoms in total. The van der Waals surface area contributed by atoms with Crippen LogP contribution in [-0.2, 0) is 11.2 Å². The summed E-state index contributed by atoms with van der Waals surface area (Å²) in [5.41, 5.74) is 0.990. The molecule has 94 valence electrons. The van der Waals surface area contributed by atoms with Gasteiger partial charge in [0, 0.05) is 6.42 Å². The van der Waals surface area contributed by atoms with Crippen molar-refractivity contribution in [2.75, 3.05) is 0 Å². The molecular weight excluding hydrogens is 237 g/mol. The van der Waals surface area contributed by atoms with Crippen LogP contribution in [0.5, 0.6) is 5.75 Å². The lowest BCUT2D eigenvalue weighted by Gasteiger charge is -2.13. The van der Waals surface area contributed by atoms with E-state index in [4.69, 9.17) is 5.11 Å². The van der Waals surface area contributed by atoms with Gasteiger partial charge in [-0.25, -0.2) is 0 Å². The van der Waals surface area contributed by atoms with Gasteiger partial charge in [0.25, 0.3) is 0 Å². The van der Waals surface area contributed by atoms with Crippen LogP contribution in [0.1, 0.15) is 17.5 Å². The largest absolute Gasteiger partial charge is 0.573 e. The number of ether oxygens (including phenoxy) is 1. The van der Waals surface area contributed by atoms with Crippen molar-refractivity contribution in [1.29, 1.82) is 0 Å². The number of aliphatic carboxylic acids is 1. The summed E-state index contributed by atoms with van der Waals surface area (Å²) in [4.78, 5) is 10.4. The number of hydrogen-bond donors (Lipinski definition) is 1. The third kappa shape index (κ3) is 4.76. The first-order valence-electron chi connectivity index (χ1n) is 4.85. The van der Waals surface area contributed by atoms with Gasteiger partial charge >= 0.3 is 12.3 Å². The van der Waals surface area contributed by atoms with Crippen molar-refractivity contribution in [3.05, 3.63) is 29.3 Å². The number of carbonyl (C=O) groups is 1. The Morgan fingerprint density at radius 2 is 2.06 bits per heavy atom. The highest BCUT2D eigenvalue weighted by Crippen LogP contribution is 2.28. The van der Waals surface area contributed by atoms with E-state index in [0.29, 0.717) is 0 Å². The van der Waals surface area contributed by atoms with Crippen molar-refractivity contribution in [3.63, 3.8) is 0 Å². The zero-order valence-electron chi connectivity index (χ0n) is 9.04. The molecule has 1 aromatic carbocycles. The molecule has 0 atom stereocenters.